The van der Waals surface area contributed by atoms with Crippen LogP contribution in [0.5, 0.6) is 0 Å². The van der Waals surface area contributed by atoms with Gasteiger partial charge in [-0.2, -0.15) is 0 Å². The third-order valence-electron chi connectivity index (χ3n) is 3.33. The average molecular weight is 264 g/mol. The average Bonchev–Trinajstić information content (AvgIpc) is 2.83. The Hall–Kier alpha value is -2.55. The number of amides is 1. The zero-order valence-corrected chi connectivity index (χ0v) is 11.5. The van der Waals surface area contributed by atoms with Gasteiger partial charge in [-0.05, 0) is 36.2 Å². The molecule has 0 atom stereocenters. The standard InChI is InChI=1S/C17H16N2O/c1-11-8-15(18-12(2)20)9-14-10-16(19-17(11)14)13-6-4-3-5-7-13/h3-10,19H,1-2H3,(H,18,20). The number of H-pyrrole nitrogens is 1. The van der Waals surface area contributed by atoms with Crippen LogP contribution in [0.2, 0.25) is 0 Å². The summed E-state index contributed by atoms with van der Waals surface area (Å²) in [7, 11) is 0. The topological polar surface area (TPSA) is 44.9 Å². The summed E-state index contributed by atoms with van der Waals surface area (Å²) in [5, 5.41) is 3.94. The monoisotopic (exact) mass is 264 g/mol. The Morgan fingerprint density at radius 3 is 2.55 bits per heavy atom. The summed E-state index contributed by atoms with van der Waals surface area (Å²) in [6.45, 7) is 3.56. The molecular formula is C17H16N2O. The molecule has 3 rings (SSSR count). The molecule has 0 aliphatic rings. The molecule has 3 aromatic rings. The summed E-state index contributed by atoms with van der Waals surface area (Å²) in [5.41, 5.74) is 5.31. The van der Waals surface area contributed by atoms with Gasteiger partial charge in [0.2, 0.25) is 5.91 Å². The first-order valence-electron chi connectivity index (χ1n) is 6.60. The first-order valence-corrected chi connectivity index (χ1v) is 6.60. The molecule has 0 unspecified atom stereocenters. The highest BCUT2D eigenvalue weighted by Gasteiger charge is 2.07. The Bertz CT molecular complexity index is 772. The second-order valence-electron chi connectivity index (χ2n) is 4.99. The van der Waals surface area contributed by atoms with E-state index in [1.807, 2.05) is 37.3 Å². The van der Waals surface area contributed by atoms with Gasteiger partial charge in [0.1, 0.15) is 0 Å². The predicted molar refractivity (Wildman–Crippen MR) is 82.8 cm³/mol. The highest BCUT2D eigenvalue weighted by atomic mass is 16.1. The summed E-state index contributed by atoms with van der Waals surface area (Å²) < 4.78 is 0. The number of hydrogen-bond acceptors (Lipinski definition) is 1. The number of hydrogen-bond donors (Lipinski definition) is 2. The highest BCUT2D eigenvalue weighted by molar-refractivity contribution is 5.95. The Balaban J connectivity index is 2.11. The second-order valence-corrected chi connectivity index (χ2v) is 4.99. The molecule has 0 fully saturated rings. The number of carbonyl (C=O) groups is 1. The molecule has 100 valence electrons. The van der Waals surface area contributed by atoms with Gasteiger partial charge in [-0.1, -0.05) is 30.3 Å². The molecule has 2 aromatic carbocycles. The molecule has 0 radical (unpaired) electrons. The summed E-state index contributed by atoms with van der Waals surface area (Å²) in [4.78, 5) is 14.6. The molecule has 0 spiro atoms. The molecule has 0 saturated carbocycles. The van der Waals surface area contributed by atoms with Gasteiger partial charge in [0, 0.05) is 29.2 Å². The van der Waals surface area contributed by atoms with E-state index in [1.165, 1.54) is 6.92 Å². The summed E-state index contributed by atoms with van der Waals surface area (Å²) in [6, 6.07) is 16.3. The van der Waals surface area contributed by atoms with Crippen molar-refractivity contribution in [2.45, 2.75) is 13.8 Å². The lowest BCUT2D eigenvalue weighted by Gasteiger charge is -2.04. The van der Waals surface area contributed by atoms with Gasteiger partial charge in [0.15, 0.2) is 0 Å². The van der Waals surface area contributed by atoms with Crippen molar-refractivity contribution >= 4 is 22.5 Å². The first kappa shape index (κ1) is 12.5. The van der Waals surface area contributed by atoms with Crippen LogP contribution in [0.15, 0.2) is 48.5 Å². The Kier molecular flexibility index (Phi) is 3.03. The number of rotatable bonds is 2. The fraction of sp³-hybridized carbons (Fsp3) is 0.118. The lowest BCUT2D eigenvalue weighted by Crippen LogP contribution is -2.05. The van der Waals surface area contributed by atoms with Crippen LogP contribution in [0.25, 0.3) is 22.2 Å². The number of aryl methyl sites for hydroxylation is 1. The normalized spacial score (nSPS) is 10.7. The van der Waals surface area contributed by atoms with Crippen LogP contribution < -0.4 is 5.32 Å². The zero-order valence-electron chi connectivity index (χ0n) is 11.5. The van der Waals surface area contributed by atoms with E-state index in [9.17, 15) is 4.79 Å². The minimum Gasteiger partial charge on any atom is -0.354 e. The summed E-state index contributed by atoms with van der Waals surface area (Å²) >= 11 is 0. The van der Waals surface area contributed by atoms with Crippen molar-refractivity contribution < 1.29 is 4.79 Å². The predicted octanol–water partition coefficient (Wildman–Crippen LogP) is 4.10. The Morgan fingerprint density at radius 2 is 1.85 bits per heavy atom. The third-order valence-corrected chi connectivity index (χ3v) is 3.33. The maximum absolute atomic E-state index is 11.2. The van der Waals surface area contributed by atoms with E-state index in [0.29, 0.717) is 0 Å². The molecule has 1 aromatic heterocycles. The van der Waals surface area contributed by atoms with Gasteiger partial charge < -0.3 is 10.3 Å². The molecule has 20 heavy (non-hydrogen) atoms. The maximum Gasteiger partial charge on any atom is 0.221 e. The highest BCUT2D eigenvalue weighted by Crippen LogP contribution is 2.28. The molecule has 1 heterocycles. The second kappa shape index (κ2) is 4.85. The lowest BCUT2D eigenvalue weighted by atomic mass is 10.1. The Labute approximate surface area is 117 Å². The molecule has 0 bridgehead atoms. The summed E-state index contributed by atoms with van der Waals surface area (Å²) in [6.07, 6.45) is 0. The van der Waals surface area contributed by atoms with Gasteiger partial charge in [-0.25, -0.2) is 0 Å². The largest absolute Gasteiger partial charge is 0.354 e. The fourth-order valence-corrected chi connectivity index (χ4v) is 2.47. The number of nitrogens with one attached hydrogen (secondary N) is 2. The number of carbonyl (C=O) groups excluding carboxylic acids is 1. The smallest absolute Gasteiger partial charge is 0.221 e. The number of fused-ring (bicyclic) bond motifs is 1. The van der Waals surface area contributed by atoms with Crippen LogP contribution in [0, 0.1) is 6.92 Å². The summed E-state index contributed by atoms with van der Waals surface area (Å²) in [5.74, 6) is -0.0532. The van der Waals surface area contributed by atoms with E-state index in [2.05, 4.69) is 28.5 Å². The van der Waals surface area contributed by atoms with Gasteiger partial charge in [-0.3, -0.25) is 4.79 Å². The van der Waals surface area contributed by atoms with Crippen molar-refractivity contribution in [3.05, 3.63) is 54.1 Å². The maximum atomic E-state index is 11.2. The van der Waals surface area contributed by atoms with Crippen LogP contribution in [-0.2, 0) is 4.79 Å². The van der Waals surface area contributed by atoms with Crippen LogP contribution in [0.3, 0.4) is 0 Å². The van der Waals surface area contributed by atoms with Crippen molar-refractivity contribution in [3.8, 4) is 11.3 Å². The van der Waals surface area contributed by atoms with E-state index in [0.717, 1.165) is 33.4 Å². The number of aromatic nitrogens is 1. The molecule has 3 nitrogen and oxygen atoms in total. The van der Waals surface area contributed by atoms with Crippen LogP contribution in [-0.4, -0.2) is 10.9 Å². The van der Waals surface area contributed by atoms with Gasteiger partial charge in [0.05, 0.1) is 0 Å². The van der Waals surface area contributed by atoms with Crippen molar-refractivity contribution in [1.82, 2.24) is 4.98 Å². The van der Waals surface area contributed by atoms with Gasteiger partial charge >= 0.3 is 0 Å². The number of benzene rings is 2. The number of anilines is 1. The SMILES string of the molecule is CC(=O)Nc1cc(C)c2[nH]c(-c3ccccc3)cc2c1. The molecule has 0 aliphatic carbocycles. The zero-order chi connectivity index (χ0) is 14.1. The number of aromatic amines is 1. The van der Waals surface area contributed by atoms with Crippen molar-refractivity contribution in [2.24, 2.45) is 0 Å². The molecule has 1 amide bonds. The minimum atomic E-state index is -0.0532. The first-order chi connectivity index (χ1) is 9.63. The third kappa shape index (κ3) is 2.30. The molecular weight excluding hydrogens is 248 g/mol. The van der Waals surface area contributed by atoms with Crippen LogP contribution in [0.1, 0.15) is 12.5 Å². The minimum absolute atomic E-state index is 0.0532. The van der Waals surface area contributed by atoms with E-state index >= 15 is 0 Å². The quantitative estimate of drug-likeness (QED) is 0.719. The molecule has 0 aliphatic heterocycles. The van der Waals surface area contributed by atoms with E-state index in [-0.39, 0.29) is 5.91 Å². The van der Waals surface area contributed by atoms with E-state index in [1.54, 1.807) is 0 Å². The Morgan fingerprint density at radius 1 is 1.10 bits per heavy atom. The van der Waals surface area contributed by atoms with Gasteiger partial charge in [-0.15, -0.1) is 0 Å². The fourth-order valence-electron chi connectivity index (χ4n) is 2.47. The van der Waals surface area contributed by atoms with E-state index < -0.39 is 0 Å². The molecule has 2 N–H and O–H groups in total. The van der Waals surface area contributed by atoms with Gasteiger partial charge in [0.25, 0.3) is 0 Å². The van der Waals surface area contributed by atoms with E-state index in [4.69, 9.17) is 0 Å². The van der Waals surface area contributed by atoms with Crippen LogP contribution in [0.4, 0.5) is 5.69 Å². The molecule has 3 heteroatoms. The van der Waals surface area contributed by atoms with Crippen molar-refractivity contribution in [1.29, 1.82) is 0 Å². The van der Waals surface area contributed by atoms with Crippen LogP contribution >= 0.6 is 0 Å². The molecule has 0 saturated heterocycles. The lowest BCUT2D eigenvalue weighted by molar-refractivity contribution is -0.114. The van der Waals surface area contributed by atoms with Crippen molar-refractivity contribution in [2.75, 3.05) is 5.32 Å². The van der Waals surface area contributed by atoms with Crippen molar-refractivity contribution in [3.63, 3.8) is 0 Å².